The highest BCUT2D eigenvalue weighted by Crippen LogP contribution is 2.30. The Morgan fingerprint density at radius 3 is 0.643 bits per heavy atom. The van der Waals surface area contributed by atoms with E-state index in [0.717, 1.165) is 25.0 Å². The van der Waals surface area contributed by atoms with E-state index in [-0.39, 0.29) is 22.3 Å². The van der Waals surface area contributed by atoms with Crippen molar-refractivity contribution in [1.82, 2.24) is 0 Å². The van der Waals surface area contributed by atoms with E-state index in [9.17, 15) is 52.7 Å². The number of benzene rings is 7. The lowest BCUT2D eigenvalue weighted by Crippen LogP contribution is -3.23. The monoisotopic (exact) mass is 1210 g/mol. The Kier molecular flexibility index (Phi) is 16.3. The van der Waals surface area contributed by atoms with Crippen LogP contribution in [-0.4, -0.2) is 35.6 Å². The molecule has 2 heterocycles. The van der Waals surface area contributed by atoms with Gasteiger partial charge in [0.1, 0.15) is 46.5 Å². The molecule has 0 amide bonds. The third-order valence-electron chi connectivity index (χ3n) is 16.2. The molecule has 24 heteroatoms. The van der Waals surface area contributed by atoms with E-state index in [1.807, 2.05) is 55.4 Å². The van der Waals surface area contributed by atoms with Gasteiger partial charge in [0.25, 0.3) is 0 Å². The number of rotatable bonds is 8. The zero-order chi connectivity index (χ0) is 67.8. The molecule has 2 aliphatic heterocycles. The second kappa shape index (κ2) is 24.3. The molecule has 0 atom stereocenters. The van der Waals surface area contributed by atoms with Crippen LogP contribution in [0, 0.1) is 116 Å². The molecule has 0 aliphatic carbocycles. The molecule has 84 heavy (non-hydrogen) atoms. The van der Waals surface area contributed by atoms with Crippen LogP contribution in [0.2, 0.25) is 0 Å². The van der Waals surface area contributed by atoms with Gasteiger partial charge in [-0.2, -0.15) is 0 Å². The minimum atomic E-state index is -3.84. The fraction of sp³-hybridized carbons (Fsp3) is 0.300. The predicted molar refractivity (Wildman–Crippen MR) is 282 cm³/mol. The van der Waals surface area contributed by atoms with Crippen molar-refractivity contribution in [3.8, 4) is 0 Å². The van der Waals surface area contributed by atoms with E-state index in [0.29, 0.717) is 35.5 Å². The molecule has 0 unspecified atom stereocenters. The van der Waals surface area contributed by atoms with Crippen molar-refractivity contribution in [3.05, 3.63) is 201 Å². The summed E-state index contributed by atoms with van der Waals surface area (Å²) in [4.78, 5) is 1.31. The molecular weight excluding hydrogens is 1150 g/mol. The highest BCUT2D eigenvalue weighted by Gasteiger charge is 2.50. The second-order valence-corrected chi connectivity index (χ2v) is 23.3. The summed E-state index contributed by atoms with van der Waals surface area (Å²) >= 11 is 0. The molecule has 2 N–H and O–H groups in total. The van der Waals surface area contributed by atoms with Gasteiger partial charge >= 0.3 is 0 Å². The summed E-state index contributed by atoms with van der Waals surface area (Å²) in [5.41, 5.74) is -9.29. The van der Waals surface area contributed by atoms with Gasteiger partial charge in [-0.25, -0.2) is 87.8 Å². The maximum atomic E-state index is 15.2. The summed E-state index contributed by atoms with van der Waals surface area (Å²) in [6.45, 7) is 7.23. The molecule has 7 aromatic rings. The summed E-state index contributed by atoms with van der Waals surface area (Å²) in [5.74, 6) is -48.7. The number of para-hydroxylation sites is 2. The maximum absolute atomic E-state index is 15.2. The van der Waals surface area contributed by atoms with Crippen molar-refractivity contribution >= 4 is 57.6 Å². The van der Waals surface area contributed by atoms with Gasteiger partial charge in [0.15, 0.2) is 69.8 Å². The molecule has 0 spiro atoms. The number of hydrogen-bond acceptors (Lipinski definition) is 0. The summed E-state index contributed by atoms with van der Waals surface area (Å²) in [5, 5.41) is 0. The van der Waals surface area contributed by atoms with Gasteiger partial charge < -0.3 is 0 Å². The second-order valence-electron chi connectivity index (χ2n) is 23.3. The summed E-state index contributed by atoms with van der Waals surface area (Å²) in [6.07, 6.45) is 4.10. The summed E-state index contributed by atoms with van der Waals surface area (Å²) in [7, 11) is 0. The van der Waals surface area contributed by atoms with Gasteiger partial charge in [0, 0.05) is 25.7 Å². The van der Waals surface area contributed by atoms with E-state index < -0.39 is 210 Å². The van der Waals surface area contributed by atoms with Crippen LogP contribution < -0.4 is 42.6 Å². The molecule has 0 aromatic heterocycles. The minimum Gasteiger partial charge on any atom is -0.296 e. The van der Waals surface area contributed by atoms with E-state index in [2.05, 4.69) is 0 Å². The molecule has 7 aromatic carbocycles. The minimum absolute atomic E-state index is 0.181. The Bertz CT molecular complexity index is 3410. The Morgan fingerprint density at radius 1 is 0.286 bits per heavy atom. The van der Waals surface area contributed by atoms with Crippen LogP contribution in [0.5, 0.6) is 0 Å². The molecule has 2 saturated heterocycles. The first kappa shape index (κ1) is 56.3. The van der Waals surface area contributed by atoms with Crippen molar-refractivity contribution in [2.75, 3.05) is 0 Å². The summed E-state index contributed by atoms with van der Waals surface area (Å²) in [6, 6.07) is 8.06. The lowest BCUT2D eigenvalue weighted by atomic mass is 9.35. The van der Waals surface area contributed by atoms with E-state index >= 15 is 35.1 Å². The fourth-order valence-electron chi connectivity index (χ4n) is 13.0. The standard InChI is InChI=1S/2C27H23BF10N.C6H6/c2*1-26(2)10-7-11-27(3,4)39(26)13-9-6-5-8-12(13)28(14-16(29)20(33)24(37)21(34)17(14)30)15-18(31)22(35)25(38)23(36)19(15)32;1-2-4-6-5-3-1/h2*5-6,8-9,28H,7,10-11H2,1-4H3;1-6H/q2*-1;/p+2/i;;1D,2D,3D,4D,5D,6D. The third-order valence-corrected chi connectivity index (χ3v) is 16.2. The molecular formula is C60H54B2F20N2. The van der Waals surface area contributed by atoms with E-state index in [4.69, 9.17) is 8.22 Å². The molecule has 2 fully saturated rings. The number of quaternary nitrogens is 2. The average molecular weight is 1210 g/mol. The van der Waals surface area contributed by atoms with Gasteiger partial charge in [-0.05, 0) is 80.4 Å². The van der Waals surface area contributed by atoms with Crippen molar-refractivity contribution in [1.29, 1.82) is 0 Å². The molecule has 9 rings (SSSR count). The van der Waals surface area contributed by atoms with Crippen LogP contribution in [0.3, 0.4) is 0 Å². The predicted octanol–water partition coefficient (Wildman–Crippen LogP) is 10.9. The quantitative estimate of drug-likeness (QED) is 0.0650. The van der Waals surface area contributed by atoms with Gasteiger partial charge in [0.05, 0.1) is 55.2 Å². The van der Waals surface area contributed by atoms with E-state index in [1.165, 1.54) is 36.4 Å². The van der Waals surface area contributed by atoms with Crippen molar-refractivity contribution in [2.45, 2.75) is 116 Å². The highest BCUT2D eigenvalue weighted by atomic mass is 19.2. The van der Waals surface area contributed by atoms with Gasteiger partial charge in [0.2, 0.25) is 0 Å². The molecule has 0 radical (unpaired) electrons. The summed E-state index contributed by atoms with van der Waals surface area (Å²) < 4.78 is 335. The topological polar surface area (TPSA) is 8.88 Å². The number of halogens is 20. The van der Waals surface area contributed by atoms with Crippen LogP contribution in [0.1, 0.15) is 102 Å². The molecule has 0 bridgehead atoms. The normalized spacial score (nSPS) is 17.5. The lowest BCUT2D eigenvalue weighted by Gasteiger charge is -2.51. The maximum Gasteiger partial charge on any atom is 0.200 e. The van der Waals surface area contributed by atoms with Gasteiger partial charge in [-0.1, -0.05) is 72.7 Å². The first-order valence-corrected chi connectivity index (χ1v) is 26.0. The zero-order valence-corrected chi connectivity index (χ0v) is 45.8. The highest BCUT2D eigenvalue weighted by molar-refractivity contribution is 6.97. The Morgan fingerprint density at radius 2 is 0.452 bits per heavy atom. The first-order valence-electron chi connectivity index (χ1n) is 29.0. The Hall–Kier alpha value is -6.81. The molecule has 2 aliphatic rings. The largest absolute Gasteiger partial charge is 0.296 e. The van der Waals surface area contributed by atoms with Crippen molar-refractivity contribution < 1.29 is 106 Å². The van der Waals surface area contributed by atoms with Crippen LogP contribution in [-0.2, 0) is 0 Å². The fourth-order valence-corrected chi connectivity index (χ4v) is 13.0. The van der Waals surface area contributed by atoms with Crippen molar-refractivity contribution in [3.63, 3.8) is 0 Å². The van der Waals surface area contributed by atoms with Crippen LogP contribution >= 0.6 is 0 Å². The van der Waals surface area contributed by atoms with E-state index in [1.54, 1.807) is 0 Å². The number of piperidine rings is 2. The molecule has 450 valence electrons. The SMILES string of the molecule is CC1(C)CCCC(C)(C)[NH+]1c1ccccc1[BH-](c1c(F)c(F)c(F)c(F)c1F)c1c(F)c(F)c(F)c(F)c1F.CC1(C)CCCC(C)(C)[NH+]1c1ccccc1[BH-](c1c(F)c(F)c(F)c(F)c1F)c1c(F)c(F)c(F)c(F)c1F.[2H]c1c([2H])c([2H])c([2H])c([2H])c1[2H]. The first-order chi connectivity index (χ1) is 41.5. The van der Waals surface area contributed by atoms with Gasteiger partial charge in [-0.15, -0.1) is 32.8 Å². The van der Waals surface area contributed by atoms with Crippen LogP contribution in [0.25, 0.3) is 0 Å². The van der Waals surface area contributed by atoms with Crippen LogP contribution in [0.4, 0.5) is 99.2 Å². The Balaban J connectivity index is 0.000000216. The smallest absolute Gasteiger partial charge is 0.200 e. The average Bonchev–Trinajstić information content (AvgIpc) is 0.791. The Labute approximate surface area is 479 Å². The van der Waals surface area contributed by atoms with Gasteiger partial charge in [-0.3, -0.25) is 9.80 Å². The van der Waals surface area contributed by atoms with Crippen LogP contribution in [0.15, 0.2) is 84.8 Å². The third kappa shape index (κ3) is 11.6. The molecule has 0 saturated carbocycles. The van der Waals surface area contributed by atoms with Crippen molar-refractivity contribution in [2.24, 2.45) is 0 Å². The molecule has 2 nitrogen and oxygen atoms in total. The number of nitrogens with one attached hydrogen (secondary N) is 2. The number of hydrogen-bond donors (Lipinski definition) is 2. The lowest BCUT2D eigenvalue weighted by molar-refractivity contribution is -0.941. The zero-order valence-electron chi connectivity index (χ0n) is 51.8.